The maximum atomic E-state index is 14.3. The van der Waals surface area contributed by atoms with Crippen molar-refractivity contribution in [2.75, 3.05) is 7.05 Å². The first-order valence-electron chi connectivity index (χ1n) is 14.0. The summed E-state index contributed by atoms with van der Waals surface area (Å²) in [6, 6.07) is 13.6. The van der Waals surface area contributed by atoms with Crippen LogP contribution in [0.4, 0.5) is 0 Å². The Labute approximate surface area is 227 Å². The average molecular weight is 518 g/mol. The average Bonchev–Trinajstić information content (AvgIpc) is 2.89. The number of hydrogen-bond acceptors (Lipinski definition) is 4. The molecule has 1 aliphatic heterocycles. The van der Waals surface area contributed by atoms with Gasteiger partial charge in [-0.3, -0.25) is 14.4 Å². The molecule has 4 rings (SSSR count). The van der Waals surface area contributed by atoms with Gasteiger partial charge in [0.1, 0.15) is 11.8 Å². The van der Waals surface area contributed by atoms with Crippen LogP contribution in [0.5, 0.6) is 0 Å². The van der Waals surface area contributed by atoms with Gasteiger partial charge in [0.2, 0.25) is 11.8 Å². The van der Waals surface area contributed by atoms with E-state index in [4.69, 9.17) is 0 Å². The summed E-state index contributed by atoms with van der Waals surface area (Å²) in [7, 11) is 1.75. The standard InChI is InChI=1S/C32H43N3O3/c1-20-14-15-23-17-28(30(37)34-27-13-9-11-22-10-7-8-12-25(22)27)35(19-24(23)16-20)31(38)26(32(3,4)5)18-29(36)21(2)33-6/h7-8,10,12,14-16,21,26-28,33H,9,11,13,17-19H2,1-6H3,(H,34,37)/t21-,26+,27+,28-/m0/s1. The molecule has 0 saturated carbocycles. The molecule has 0 aromatic heterocycles. The Bertz CT molecular complexity index is 1200. The number of nitrogens with zero attached hydrogens (tertiary/aromatic N) is 1. The van der Waals surface area contributed by atoms with Gasteiger partial charge in [0, 0.05) is 25.3 Å². The van der Waals surface area contributed by atoms with Gasteiger partial charge in [-0.1, -0.05) is 68.8 Å². The van der Waals surface area contributed by atoms with E-state index in [0.717, 1.165) is 36.0 Å². The molecule has 0 radical (unpaired) electrons. The molecule has 2 N–H and O–H groups in total. The minimum absolute atomic E-state index is 0.00819. The highest BCUT2D eigenvalue weighted by molar-refractivity contribution is 5.93. The summed E-state index contributed by atoms with van der Waals surface area (Å²) in [6.07, 6.45) is 3.55. The number of Topliss-reactive ketones (excluding diaryl/α,β-unsaturated/α-hetero) is 1. The van der Waals surface area contributed by atoms with E-state index in [1.54, 1.807) is 11.9 Å². The lowest BCUT2D eigenvalue weighted by molar-refractivity contribution is -0.149. The van der Waals surface area contributed by atoms with Crippen LogP contribution in [0.1, 0.15) is 80.8 Å². The van der Waals surface area contributed by atoms with Crippen molar-refractivity contribution in [3.63, 3.8) is 0 Å². The summed E-state index contributed by atoms with van der Waals surface area (Å²) in [5.74, 6) is -0.754. The Morgan fingerprint density at radius 3 is 2.50 bits per heavy atom. The number of carbonyl (C=O) groups excluding carboxylic acids is 3. The van der Waals surface area contributed by atoms with Crippen molar-refractivity contribution in [3.05, 3.63) is 70.3 Å². The minimum Gasteiger partial charge on any atom is -0.347 e. The van der Waals surface area contributed by atoms with E-state index in [-0.39, 0.29) is 36.1 Å². The minimum atomic E-state index is -0.617. The summed E-state index contributed by atoms with van der Waals surface area (Å²) in [5.41, 5.74) is 5.34. The van der Waals surface area contributed by atoms with Gasteiger partial charge in [0.05, 0.1) is 12.1 Å². The Balaban J connectivity index is 1.65. The molecule has 0 unspecified atom stereocenters. The Hall–Kier alpha value is -2.99. The van der Waals surface area contributed by atoms with Crippen LogP contribution < -0.4 is 10.6 Å². The van der Waals surface area contributed by atoms with Crippen molar-refractivity contribution in [1.29, 1.82) is 0 Å². The van der Waals surface area contributed by atoms with Crippen LogP contribution in [-0.2, 0) is 33.8 Å². The van der Waals surface area contributed by atoms with Crippen LogP contribution in [-0.4, -0.2) is 41.6 Å². The van der Waals surface area contributed by atoms with Crippen LogP contribution in [0, 0.1) is 18.3 Å². The third-order valence-electron chi connectivity index (χ3n) is 8.43. The topological polar surface area (TPSA) is 78.5 Å². The van der Waals surface area contributed by atoms with Crippen LogP contribution >= 0.6 is 0 Å². The lowest BCUT2D eigenvalue weighted by Crippen LogP contribution is -2.56. The largest absolute Gasteiger partial charge is 0.347 e. The van der Waals surface area contributed by atoms with Gasteiger partial charge in [-0.15, -0.1) is 0 Å². The number of carbonyl (C=O) groups is 3. The molecule has 38 heavy (non-hydrogen) atoms. The number of hydrogen-bond donors (Lipinski definition) is 2. The zero-order valence-electron chi connectivity index (χ0n) is 23.8. The van der Waals surface area contributed by atoms with E-state index >= 15 is 0 Å². The van der Waals surface area contributed by atoms with E-state index in [2.05, 4.69) is 41.0 Å². The van der Waals surface area contributed by atoms with Gasteiger partial charge in [0.25, 0.3) is 0 Å². The fraction of sp³-hybridized carbons (Fsp3) is 0.531. The van der Waals surface area contributed by atoms with Gasteiger partial charge in [-0.05, 0) is 67.8 Å². The molecule has 2 aliphatic rings. The molecule has 2 amide bonds. The van der Waals surface area contributed by atoms with Gasteiger partial charge >= 0.3 is 0 Å². The number of fused-ring (bicyclic) bond motifs is 2. The van der Waals surface area contributed by atoms with Gasteiger partial charge in [0.15, 0.2) is 0 Å². The Morgan fingerprint density at radius 1 is 1.05 bits per heavy atom. The highest BCUT2D eigenvalue weighted by atomic mass is 16.2. The predicted molar refractivity (Wildman–Crippen MR) is 151 cm³/mol. The zero-order chi connectivity index (χ0) is 27.6. The van der Waals surface area contributed by atoms with Crippen molar-refractivity contribution in [2.24, 2.45) is 11.3 Å². The molecule has 204 valence electrons. The first-order valence-corrected chi connectivity index (χ1v) is 14.0. The van der Waals surface area contributed by atoms with Crippen molar-refractivity contribution < 1.29 is 14.4 Å². The highest BCUT2D eigenvalue weighted by Gasteiger charge is 2.42. The number of benzene rings is 2. The number of rotatable bonds is 7. The maximum absolute atomic E-state index is 14.3. The predicted octanol–water partition coefficient (Wildman–Crippen LogP) is 4.67. The van der Waals surface area contributed by atoms with E-state index in [0.29, 0.717) is 13.0 Å². The van der Waals surface area contributed by atoms with Crippen LogP contribution in [0.15, 0.2) is 42.5 Å². The van der Waals surface area contributed by atoms with Gasteiger partial charge < -0.3 is 15.5 Å². The lowest BCUT2D eigenvalue weighted by Gasteiger charge is -2.41. The summed E-state index contributed by atoms with van der Waals surface area (Å²) in [6.45, 7) is 10.2. The normalized spacial score (nSPS) is 20.6. The third-order valence-corrected chi connectivity index (χ3v) is 8.43. The first kappa shape index (κ1) is 28.0. The molecule has 2 aromatic rings. The molecule has 1 heterocycles. The summed E-state index contributed by atoms with van der Waals surface area (Å²) >= 11 is 0. The molecule has 0 saturated heterocycles. The second kappa shape index (κ2) is 11.4. The first-order chi connectivity index (χ1) is 18.0. The Kier molecular flexibility index (Phi) is 8.41. The van der Waals surface area contributed by atoms with Crippen molar-refractivity contribution in [2.45, 2.75) is 91.4 Å². The second-order valence-corrected chi connectivity index (χ2v) is 12.2. The molecule has 6 nitrogen and oxygen atoms in total. The highest BCUT2D eigenvalue weighted by Crippen LogP contribution is 2.35. The van der Waals surface area contributed by atoms with Gasteiger partial charge in [-0.25, -0.2) is 0 Å². The van der Waals surface area contributed by atoms with Crippen LogP contribution in [0.2, 0.25) is 0 Å². The third kappa shape index (κ3) is 6.01. The van der Waals surface area contributed by atoms with Crippen molar-refractivity contribution in [3.8, 4) is 0 Å². The number of ketones is 1. The molecule has 4 atom stereocenters. The number of likely N-dealkylation sites (N-methyl/N-ethyl adjacent to an activating group) is 1. The zero-order valence-corrected chi connectivity index (χ0v) is 23.8. The van der Waals surface area contributed by atoms with Crippen LogP contribution in [0.25, 0.3) is 0 Å². The molecule has 6 heteroatoms. The Morgan fingerprint density at radius 2 is 1.79 bits per heavy atom. The van der Waals surface area contributed by atoms with E-state index in [9.17, 15) is 14.4 Å². The quantitative estimate of drug-likeness (QED) is 0.560. The second-order valence-electron chi connectivity index (χ2n) is 12.2. The molecule has 2 aromatic carbocycles. The van der Waals surface area contributed by atoms with Crippen molar-refractivity contribution in [1.82, 2.24) is 15.5 Å². The maximum Gasteiger partial charge on any atom is 0.243 e. The van der Waals surface area contributed by atoms with Crippen molar-refractivity contribution >= 4 is 17.6 Å². The molecular formula is C32H43N3O3. The lowest BCUT2D eigenvalue weighted by atomic mass is 9.75. The summed E-state index contributed by atoms with van der Waals surface area (Å²) in [4.78, 5) is 42.9. The monoisotopic (exact) mass is 517 g/mol. The SMILES string of the molecule is CN[C@@H](C)C(=O)C[C@H](C(=O)N1Cc2cc(C)ccc2C[C@H]1C(=O)N[C@@H]1CCCc2ccccc21)C(C)(C)C. The number of aryl methyl sites for hydroxylation is 2. The van der Waals surface area contributed by atoms with Gasteiger partial charge in [-0.2, -0.15) is 0 Å². The fourth-order valence-corrected chi connectivity index (χ4v) is 5.85. The summed E-state index contributed by atoms with van der Waals surface area (Å²) < 4.78 is 0. The number of amides is 2. The molecule has 0 spiro atoms. The number of nitrogens with one attached hydrogen (secondary N) is 2. The smallest absolute Gasteiger partial charge is 0.243 e. The summed E-state index contributed by atoms with van der Waals surface area (Å²) in [5, 5.41) is 6.31. The van der Waals surface area contributed by atoms with E-state index < -0.39 is 17.4 Å². The fourth-order valence-electron chi connectivity index (χ4n) is 5.85. The van der Waals surface area contributed by atoms with E-state index in [1.165, 1.54) is 11.1 Å². The molecule has 1 aliphatic carbocycles. The van der Waals surface area contributed by atoms with E-state index in [1.807, 2.05) is 46.8 Å². The van der Waals surface area contributed by atoms with Crippen LogP contribution in [0.3, 0.4) is 0 Å². The molecular weight excluding hydrogens is 474 g/mol. The molecule has 0 fully saturated rings. The molecule has 0 bridgehead atoms.